The van der Waals surface area contributed by atoms with Gasteiger partial charge in [0, 0.05) is 12.8 Å². The summed E-state index contributed by atoms with van der Waals surface area (Å²) in [5.41, 5.74) is 0. The lowest BCUT2D eigenvalue weighted by Gasteiger charge is -2.25. The third kappa shape index (κ3) is 54.1. The summed E-state index contributed by atoms with van der Waals surface area (Å²) in [6.45, 7) is 4.76. The van der Waals surface area contributed by atoms with E-state index < -0.39 is 24.3 Å². The Morgan fingerprint density at radius 2 is 0.803 bits per heavy atom. The van der Waals surface area contributed by atoms with Crippen molar-refractivity contribution in [2.24, 2.45) is 0 Å². The fourth-order valence-electron chi connectivity index (χ4n) is 7.76. The molecule has 0 aromatic rings. The van der Waals surface area contributed by atoms with E-state index in [0.29, 0.717) is 23.9 Å². The monoisotopic (exact) mass is 995 g/mol. The summed E-state index contributed by atoms with van der Waals surface area (Å²) in [5, 5.41) is 9.69. The number of nitrogens with zero attached hydrogens (tertiary/aromatic N) is 1. The molecule has 0 aromatic carbocycles. The Hall–Kier alpha value is -3.53. The van der Waals surface area contributed by atoms with E-state index >= 15 is 0 Å². The number of carbonyl (C=O) groups excluding carboxylic acids is 2. The van der Waals surface area contributed by atoms with Crippen molar-refractivity contribution in [2.75, 3.05) is 47.5 Å². The van der Waals surface area contributed by atoms with E-state index in [1.165, 1.54) is 109 Å². The van der Waals surface area contributed by atoms with Gasteiger partial charge in [-0.15, -0.1) is 0 Å². The van der Waals surface area contributed by atoms with Gasteiger partial charge in [-0.05, 0) is 70.6 Å². The number of hydrogen-bond donors (Lipinski definition) is 1. The first kappa shape index (κ1) is 67.5. The van der Waals surface area contributed by atoms with Crippen LogP contribution in [0.2, 0.25) is 0 Å². The predicted octanol–water partition coefficient (Wildman–Crippen LogP) is 16.8. The maximum Gasteiger partial charge on any atom is 0.361 e. The molecule has 71 heavy (non-hydrogen) atoms. The zero-order valence-corrected chi connectivity index (χ0v) is 46.4. The highest BCUT2D eigenvalue weighted by Crippen LogP contribution is 2.16. The van der Waals surface area contributed by atoms with Gasteiger partial charge < -0.3 is 28.5 Å². The highest BCUT2D eigenvalue weighted by Gasteiger charge is 2.25. The summed E-state index contributed by atoms with van der Waals surface area (Å²) in [7, 11) is 5.96. The Morgan fingerprint density at radius 1 is 0.437 bits per heavy atom. The molecule has 0 spiro atoms. The van der Waals surface area contributed by atoms with E-state index in [0.717, 1.165) is 89.9 Å². The smallest absolute Gasteiger partial charge is 0.361 e. The number of likely N-dealkylation sites (N-methyl/N-ethyl adjacent to an activating group) is 1. The Kier molecular flexibility index (Phi) is 50.2. The molecule has 0 radical (unpaired) electrons. The van der Waals surface area contributed by atoms with Crippen LogP contribution in [0.25, 0.3) is 0 Å². The second-order valence-corrected chi connectivity index (χ2v) is 20.2. The minimum atomic E-state index is -1.51. The van der Waals surface area contributed by atoms with Gasteiger partial charge in [-0.1, -0.05) is 234 Å². The molecule has 2 atom stereocenters. The lowest BCUT2D eigenvalue weighted by molar-refractivity contribution is -0.870. The molecule has 408 valence electrons. The van der Waals surface area contributed by atoms with E-state index in [4.69, 9.17) is 18.9 Å². The van der Waals surface area contributed by atoms with Gasteiger partial charge in [-0.25, -0.2) is 4.79 Å². The molecule has 0 amide bonds. The molecule has 0 aliphatic rings. The molecule has 0 aromatic heterocycles. The van der Waals surface area contributed by atoms with Crippen LogP contribution < -0.4 is 0 Å². The highest BCUT2D eigenvalue weighted by molar-refractivity contribution is 5.71. The quantitative estimate of drug-likeness (QED) is 0.0211. The minimum absolute atomic E-state index is 0.184. The van der Waals surface area contributed by atoms with Crippen LogP contribution in [0.4, 0.5) is 0 Å². The van der Waals surface area contributed by atoms with Crippen LogP contribution in [-0.4, -0.2) is 87.4 Å². The van der Waals surface area contributed by atoms with Gasteiger partial charge in [0.1, 0.15) is 13.2 Å². The van der Waals surface area contributed by atoms with Gasteiger partial charge in [-0.3, -0.25) is 9.59 Å². The number of quaternary nitrogens is 1. The standard InChI is InChI=1S/C62H107NO8/c1-6-8-10-12-14-16-18-20-22-23-24-25-26-27-28-29-30-31-32-33-34-35-36-37-39-41-43-45-47-49-51-53-60(65)71-58(57-70-62(61(66)67)68-55-54-63(3,4)5)56-69-59(64)52-50-48-46-44-42-40-38-21-19-17-15-13-11-9-7-2/h8,10,14,16,20,22,24-25,27-28,30-31,33-34,58,62H,6-7,9,11-13,15,17-19,21,23,26,29,32,35-57H2,1-5H3/p+1/b10-8-,16-14-,22-20-,25-24-,28-27-,31-30-,34-33-. The number of allylic oxidation sites excluding steroid dienone is 14. The van der Waals surface area contributed by atoms with Crippen molar-refractivity contribution < 1.29 is 42.9 Å². The topological polar surface area (TPSA) is 108 Å². The van der Waals surface area contributed by atoms with Crippen molar-refractivity contribution in [3.8, 4) is 0 Å². The first-order chi connectivity index (χ1) is 34.6. The molecule has 0 saturated heterocycles. The SMILES string of the molecule is CC/C=C\C/C=C\C/C=C\C/C=C\C/C=C\C/C=C\C/C=C\CCCCCCCCCCCC(=O)OC(COC(=O)CCCCCCCCCCCCCCCCC)COC(OCC[N+](C)(C)C)C(=O)O. The summed E-state index contributed by atoms with van der Waals surface area (Å²) < 4.78 is 22.9. The van der Waals surface area contributed by atoms with Crippen LogP contribution in [0.3, 0.4) is 0 Å². The molecule has 9 heteroatoms. The minimum Gasteiger partial charge on any atom is -0.477 e. The Bertz CT molecular complexity index is 1440. The van der Waals surface area contributed by atoms with Crippen LogP contribution in [0.15, 0.2) is 85.1 Å². The summed E-state index contributed by atoms with van der Waals surface area (Å²) in [6.07, 6.45) is 66.5. The summed E-state index contributed by atoms with van der Waals surface area (Å²) >= 11 is 0. The molecule has 0 saturated carbocycles. The fraction of sp³-hybridized carbons (Fsp3) is 0.726. The zero-order valence-electron chi connectivity index (χ0n) is 46.4. The van der Waals surface area contributed by atoms with E-state index in [1.807, 2.05) is 21.1 Å². The van der Waals surface area contributed by atoms with E-state index in [9.17, 15) is 19.5 Å². The zero-order chi connectivity index (χ0) is 52.0. The fourth-order valence-corrected chi connectivity index (χ4v) is 7.76. The van der Waals surface area contributed by atoms with Crippen LogP contribution in [0, 0.1) is 0 Å². The average molecular weight is 996 g/mol. The lowest BCUT2D eigenvalue weighted by Crippen LogP contribution is -2.40. The number of unbranched alkanes of at least 4 members (excludes halogenated alkanes) is 23. The largest absolute Gasteiger partial charge is 0.477 e. The molecular weight excluding hydrogens is 887 g/mol. The van der Waals surface area contributed by atoms with Crippen LogP contribution >= 0.6 is 0 Å². The molecule has 9 nitrogen and oxygen atoms in total. The van der Waals surface area contributed by atoms with Gasteiger partial charge >= 0.3 is 17.9 Å². The highest BCUT2D eigenvalue weighted by atomic mass is 16.7. The number of ether oxygens (including phenoxy) is 4. The second-order valence-electron chi connectivity index (χ2n) is 20.2. The van der Waals surface area contributed by atoms with Crippen molar-refractivity contribution in [1.29, 1.82) is 0 Å². The maximum absolute atomic E-state index is 12.9. The number of carbonyl (C=O) groups is 3. The summed E-state index contributed by atoms with van der Waals surface area (Å²) in [5.74, 6) is -2.01. The molecule has 0 aliphatic carbocycles. The van der Waals surface area contributed by atoms with Gasteiger partial charge in [0.05, 0.1) is 34.4 Å². The summed E-state index contributed by atoms with van der Waals surface area (Å²) in [4.78, 5) is 37.4. The number of aliphatic carboxylic acids is 1. The Morgan fingerprint density at radius 3 is 1.20 bits per heavy atom. The second kappa shape index (κ2) is 52.8. The maximum atomic E-state index is 12.9. The van der Waals surface area contributed by atoms with Crippen molar-refractivity contribution >= 4 is 17.9 Å². The number of rotatable bonds is 52. The third-order valence-electron chi connectivity index (χ3n) is 12.2. The normalized spacial score (nSPS) is 13.4. The first-order valence-electron chi connectivity index (χ1n) is 28.8. The number of esters is 2. The van der Waals surface area contributed by atoms with Gasteiger partial charge in [0.2, 0.25) is 0 Å². The molecule has 0 bridgehead atoms. The van der Waals surface area contributed by atoms with Crippen LogP contribution in [0.1, 0.15) is 232 Å². The molecule has 0 aliphatic heterocycles. The predicted molar refractivity (Wildman–Crippen MR) is 299 cm³/mol. The molecule has 2 unspecified atom stereocenters. The Labute approximate surface area is 436 Å². The summed E-state index contributed by atoms with van der Waals surface area (Å²) in [6, 6.07) is 0. The molecule has 0 rings (SSSR count). The van der Waals surface area contributed by atoms with Gasteiger partial charge in [-0.2, -0.15) is 0 Å². The van der Waals surface area contributed by atoms with E-state index in [2.05, 4.69) is 98.9 Å². The molecule has 0 heterocycles. The van der Waals surface area contributed by atoms with Gasteiger partial charge in [0.25, 0.3) is 6.29 Å². The average Bonchev–Trinajstić information content (AvgIpc) is 3.34. The van der Waals surface area contributed by atoms with Crippen molar-refractivity contribution in [2.45, 2.75) is 245 Å². The number of carboxylic acids is 1. The van der Waals surface area contributed by atoms with Crippen molar-refractivity contribution in [3.05, 3.63) is 85.1 Å². The molecule has 0 fully saturated rings. The molecular formula is C62H108NO8+. The van der Waals surface area contributed by atoms with Crippen molar-refractivity contribution in [1.82, 2.24) is 0 Å². The van der Waals surface area contributed by atoms with Gasteiger partial charge in [0.15, 0.2) is 6.10 Å². The van der Waals surface area contributed by atoms with E-state index in [1.54, 1.807) is 0 Å². The lowest BCUT2D eigenvalue weighted by atomic mass is 10.0. The first-order valence-corrected chi connectivity index (χ1v) is 28.8. The number of hydrogen-bond acceptors (Lipinski definition) is 7. The van der Waals surface area contributed by atoms with Crippen molar-refractivity contribution in [3.63, 3.8) is 0 Å². The third-order valence-corrected chi connectivity index (χ3v) is 12.2. The molecule has 1 N–H and O–H groups in total. The van der Waals surface area contributed by atoms with Crippen LogP contribution in [-0.2, 0) is 33.3 Å². The van der Waals surface area contributed by atoms with Crippen LogP contribution in [0.5, 0.6) is 0 Å². The number of carboxylic acid groups (broad SMARTS) is 1. The van der Waals surface area contributed by atoms with E-state index in [-0.39, 0.29) is 32.2 Å². The Balaban J connectivity index is 4.24.